The van der Waals surface area contributed by atoms with Gasteiger partial charge in [0.15, 0.2) is 0 Å². The number of carbonyl (C=O) groups is 4. The van der Waals surface area contributed by atoms with Crippen LogP contribution in [0.1, 0.15) is 50.3 Å². The fraction of sp³-hybridized carbons (Fsp3) is 0.318. The molecule has 8 heteroatoms. The van der Waals surface area contributed by atoms with Crippen molar-refractivity contribution < 1.29 is 19.2 Å². The largest absolute Gasteiger partial charge is 0.353 e. The number of hydrogen-bond acceptors (Lipinski definition) is 5. The number of nitrogens with one attached hydrogen (secondary N) is 1. The van der Waals surface area contributed by atoms with Crippen molar-refractivity contribution in [1.82, 2.24) is 20.1 Å². The summed E-state index contributed by atoms with van der Waals surface area (Å²) >= 11 is 0. The predicted molar refractivity (Wildman–Crippen MR) is 108 cm³/mol. The molecule has 2 aliphatic heterocycles. The molecule has 1 saturated heterocycles. The van der Waals surface area contributed by atoms with Crippen LogP contribution in [0.15, 0.2) is 48.8 Å². The van der Waals surface area contributed by atoms with Gasteiger partial charge in [-0.1, -0.05) is 12.1 Å². The zero-order chi connectivity index (χ0) is 21.1. The van der Waals surface area contributed by atoms with Gasteiger partial charge in [0.2, 0.25) is 5.91 Å². The third kappa shape index (κ3) is 3.94. The third-order valence-corrected chi connectivity index (χ3v) is 5.52. The highest BCUT2D eigenvalue weighted by molar-refractivity contribution is 6.21. The van der Waals surface area contributed by atoms with E-state index >= 15 is 0 Å². The average molecular weight is 406 g/mol. The van der Waals surface area contributed by atoms with Crippen molar-refractivity contribution >= 4 is 23.6 Å². The second-order valence-corrected chi connectivity index (χ2v) is 7.43. The number of fused-ring (bicyclic) bond motifs is 1. The van der Waals surface area contributed by atoms with Gasteiger partial charge in [0, 0.05) is 50.1 Å². The molecule has 2 aromatic rings. The van der Waals surface area contributed by atoms with Crippen molar-refractivity contribution in [2.75, 3.05) is 19.6 Å². The average Bonchev–Trinajstić information content (AvgIpc) is 3.03. The second kappa shape index (κ2) is 8.44. The molecule has 30 heavy (non-hydrogen) atoms. The van der Waals surface area contributed by atoms with Crippen LogP contribution in [0.25, 0.3) is 0 Å². The number of likely N-dealkylation sites (tertiary alicyclic amines) is 1. The van der Waals surface area contributed by atoms with Gasteiger partial charge in [-0.3, -0.25) is 29.1 Å². The zero-order valence-corrected chi connectivity index (χ0v) is 16.4. The van der Waals surface area contributed by atoms with E-state index in [1.54, 1.807) is 53.7 Å². The SMILES string of the molecule is O=C(CCN1C(=O)c2ccccc2C1=O)NC1CCN(C(=O)c2ccncc2)CC1. The van der Waals surface area contributed by atoms with E-state index < -0.39 is 0 Å². The number of imide groups is 1. The van der Waals surface area contributed by atoms with Crippen molar-refractivity contribution in [3.05, 3.63) is 65.5 Å². The molecule has 0 atom stereocenters. The number of hydrogen-bond donors (Lipinski definition) is 1. The maximum atomic E-state index is 12.5. The number of nitrogens with zero attached hydrogens (tertiary/aromatic N) is 3. The van der Waals surface area contributed by atoms with Gasteiger partial charge < -0.3 is 10.2 Å². The van der Waals surface area contributed by atoms with Gasteiger partial charge in [0.1, 0.15) is 0 Å². The van der Waals surface area contributed by atoms with Gasteiger partial charge in [-0.2, -0.15) is 0 Å². The van der Waals surface area contributed by atoms with E-state index in [2.05, 4.69) is 10.3 Å². The summed E-state index contributed by atoms with van der Waals surface area (Å²) in [5, 5.41) is 2.96. The highest BCUT2D eigenvalue weighted by Gasteiger charge is 2.35. The maximum absolute atomic E-state index is 12.5. The summed E-state index contributed by atoms with van der Waals surface area (Å²) < 4.78 is 0. The van der Waals surface area contributed by atoms with Crippen LogP contribution in [0.3, 0.4) is 0 Å². The van der Waals surface area contributed by atoms with Gasteiger partial charge in [-0.05, 0) is 37.1 Å². The first kappa shape index (κ1) is 19.8. The maximum Gasteiger partial charge on any atom is 0.261 e. The first-order chi connectivity index (χ1) is 14.5. The quantitative estimate of drug-likeness (QED) is 0.759. The standard InChI is InChI=1S/C22H22N4O4/c27-19(9-14-26-21(29)17-3-1-2-4-18(17)22(26)30)24-16-7-12-25(13-8-16)20(28)15-5-10-23-11-6-15/h1-6,10-11,16H,7-9,12-14H2,(H,24,27). The Morgan fingerprint density at radius 1 is 0.967 bits per heavy atom. The molecule has 1 aromatic heterocycles. The van der Waals surface area contributed by atoms with Gasteiger partial charge in [0.05, 0.1) is 11.1 Å². The van der Waals surface area contributed by atoms with E-state index in [9.17, 15) is 19.2 Å². The monoisotopic (exact) mass is 406 g/mol. The van der Waals surface area contributed by atoms with Crippen LogP contribution in [0.4, 0.5) is 0 Å². The minimum absolute atomic E-state index is 0.0267. The highest BCUT2D eigenvalue weighted by atomic mass is 16.2. The molecule has 0 aliphatic carbocycles. The molecule has 1 fully saturated rings. The van der Waals surface area contributed by atoms with Crippen LogP contribution in [0.2, 0.25) is 0 Å². The highest BCUT2D eigenvalue weighted by Crippen LogP contribution is 2.22. The fourth-order valence-electron chi connectivity index (χ4n) is 3.86. The molecular weight excluding hydrogens is 384 g/mol. The number of pyridine rings is 1. The summed E-state index contributed by atoms with van der Waals surface area (Å²) in [6.45, 7) is 1.17. The molecule has 1 aromatic carbocycles. The van der Waals surface area contributed by atoms with Crippen molar-refractivity contribution in [1.29, 1.82) is 0 Å². The van der Waals surface area contributed by atoms with Crippen molar-refractivity contribution in [3.8, 4) is 0 Å². The number of carbonyl (C=O) groups excluding carboxylic acids is 4. The van der Waals surface area contributed by atoms with E-state index in [0.717, 1.165) is 4.90 Å². The number of benzene rings is 1. The number of amides is 4. The van der Waals surface area contributed by atoms with Crippen LogP contribution >= 0.6 is 0 Å². The van der Waals surface area contributed by atoms with E-state index in [4.69, 9.17) is 0 Å². The van der Waals surface area contributed by atoms with Crippen molar-refractivity contribution in [2.24, 2.45) is 0 Å². The molecule has 4 rings (SSSR count). The summed E-state index contributed by atoms with van der Waals surface area (Å²) in [4.78, 5) is 56.4. The lowest BCUT2D eigenvalue weighted by atomic mass is 10.0. The first-order valence-corrected chi connectivity index (χ1v) is 9.98. The Morgan fingerprint density at radius 3 is 2.17 bits per heavy atom. The van der Waals surface area contributed by atoms with E-state index in [1.165, 1.54) is 0 Å². The fourth-order valence-corrected chi connectivity index (χ4v) is 3.86. The number of piperidine rings is 1. The van der Waals surface area contributed by atoms with E-state index in [0.29, 0.717) is 42.6 Å². The molecule has 0 bridgehead atoms. The Labute approximate surface area is 173 Å². The van der Waals surface area contributed by atoms with Crippen LogP contribution in [-0.2, 0) is 4.79 Å². The zero-order valence-electron chi connectivity index (χ0n) is 16.4. The second-order valence-electron chi connectivity index (χ2n) is 7.43. The Kier molecular flexibility index (Phi) is 5.56. The smallest absolute Gasteiger partial charge is 0.261 e. The van der Waals surface area contributed by atoms with Crippen LogP contribution in [0, 0.1) is 0 Å². The summed E-state index contributed by atoms with van der Waals surface area (Å²) in [6, 6.07) is 10.0. The van der Waals surface area contributed by atoms with Gasteiger partial charge in [-0.15, -0.1) is 0 Å². The van der Waals surface area contributed by atoms with E-state index in [1.807, 2.05) is 0 Å². The van der Waals surface area contributed by atoms with Crippen molar-refractivity contribution in [2.45, 2.75) is 25.3 Å². The molecular formula is C22H22N4O4. The normalized spacial score (nSPS) is 16.5. The molecule has 2 aliphatic rings. The molecule has 4 amide bonds. The van der Waals surface area contributed by atoms with Crippen LogP contribution in [0.5, 0.6) is 0 Å². The van der Waals surface area contributed by atoms with Crippen LogP contribution < -0.4 is 5.32 Å². The molecule has 0 unspecified atom stereocenters. The lowest BCUT2D eigenvalue weighted by Gasteiger charge is -2.32. The number of aromatic nitrogens is 1. The predicted octanol–water partition coefficient (Wildman–Crippen LogP) is 1.49. The summed E-state index contributed by atoms with van der Waals surface area (Å²) in [7, 11) is 0. The minimum Gasteiger partial charge on any atom is -0.353 e. The third-order valence-electron chi connectivity index (χ3n) is 5.52. The van der Waals surface area contributed by atoms with Gasteiger partial charge in [-0.25, -0.2) is 0 Å². The van der Waals surface area contributed by atoms with Crippen LogP contribution in [-0.4, -0.2) is 64.1 Å². The Balaban J connectivity index is 1.24. The van der Waals surface area contributed by atoms with E-state index in [-0.39, 0.29) is 42.6 Å². The van der Waals surface area contributed by atoms with Gasteiger partial charge >= 0.3 is 0 Å². The minimum atomic E-state index is -0.355. The lowest BCUT2D eigenvalue weighted by Crippen LogP contribution is -2.47. The summed E-state index contributed by atoms with van der Waals surface area (Å²) in [5.41, 5.74) is 1.37. The Morgan fingerprint density at radius 2 is 1.57 bits per heavy atom. The molecule has 0 spiro atoms. The first-order valence-electron chi connectivity index (χ1n) is 9.98. The Bertz CT molecular complexity index is 949. The lowest BCUT2D eigenvalue weighted by molar-refractivity contribution is -0.122. The van der Waals surface area contributed by atoms with Gasteiger partial charge in [0.25, 0.3) is 17.7 Å². The topological polar surface area (TPSA) is 99.7 Å². The number of rotatable bonds is 5. The molecule has 0 saturated carbocycles. The Hall–Kier alpha value is -3.55. The molecule has 0 radical (unpaired) electrons. The molecule has 154 valence electrons. The molecule has 3 heterocycles. The summed E-state index contributed by atoms with van der Waals surface area (Å²) in [5.74, 6) is -0.948. The van der Waals surface area contributed by atoms with Crippen molar-refractivity contribution in [3.63, 3.8) is 0 Å². The molecule has 8 nitrogen and oxygen atoms in total. The summed E-state index contributed by atoms with van der Waals surface area (Å²) in [6.07, 6.45) is 4.57. The molecule has 1 N–H and O–H groups in total.